The van der Waals surface area contributed by atoms with Crippen molar-refractivity contribution in [2.24, 2.45) is 0 Å². The van der Waals surface area contributed by atoms with Gasteiger partial charge in [0.25, 0.3) is 0 Å². The van der Waals surface area contributed by atoms with Gasteiger partial charge in [-0.3, -0.25) is 0 Å². The third-order valence-electron chi connectivity index (χ3n) is 3.02. The normalized spacial score (nSPS) is 10.6. The van der Waals surface area contributed by atoms with Crippen LogP contribution >= 0.6 is 11.6 Å². The van der Waals surface area contributed by atoms with Crippen LogP contribution in [0.1, 0.15) is 51.9 Å². The molecule has 0 aromatic heterocycles. The van der Waals surface area contributed by atoms with Crippen LogP contribution in [0, 0.1) is 5.82 Å². The van der Waals surface area contributed by atoms with Gasteiger partial charge < -0.3 is 5.32 Å². The summed E-state index contributed by atoms with van der Waals surface area (Å²) in [6.45, 7) is 3.09. The van der Waals surface area contributed by atoms with E-state index >= 15 is 0 Å². The van der Waals surface area contributed by atoms with Gasteiger partial charge in [0, 0.05) is 6.54 Å². The zero-order valence-electron chi connectivity index (χ0n) is 11.1. The van der Waals surface area contributed by atoms with Gasteiger partial charge in [0.15, 0.2) is 0 Å². The highest BCUT2D eigenvalue weighted by atomic mass is 35.5. The predicted octanol–water partition coefficient (Wildman–Crippen LogP) is 5.64. The fourth-order valence-corrected chi connectivity index (χ4v) is 2.12. The average molecular weight is 272 g/mol. The van der Waals surface area contributed by atoms with Crippen LogP contribution in [-0.4, -0.2) is 6.54 Å². The second kappa shape index (κ2) is 9.21. The van der Waals surface area contributed by atoms with Gasteiger partial charge in [-0.05, 0) is 24.6 Å². The summed E-state index contributed by atoms with van der Waals surface area (Å²) in [4.78, 5) is 0. The Kier molecular flexibility index (Phi) is 7.83. The summed E-state index contributed by atoms with van der Waals surface area (Å²) in [5.74, 6) is -0.249. The molecule has 0 unspecified atom stereocenters. The predicted molar refractivity (Wildman–Crippen MR) is 77.9 cm³/mol. The Hall–Kier alpha value is -0.760. The standard InChI is InChI=1S/C15H23ClFN/c1-2-3-4-5-6-7-8-11-18-15-12-13(17)9-10-14(15)16/h9-10,12,18H,2-8,11H2,1H3. The topological polar surface area (TPSA) is 12.0 Å². The van der Waals surface area contributed by atoms with Crippen LogP contribution in [0.3, 0.4) is 0 Å². The molecular formula is C15H23ClFN. The van der Waals surface area contributed by atoms with E-state index in [2.05, 4.69) is 12.2 Å². The van der Waals surface area contributed by atoms with E-state index in [1.807, 2.05) is 0 Å². The molecule has 0 aliphatic heterocycles. The highest BCUT2D eigenvalue weighted by Crippen LogP contribution is 2.22. The van der Waals surface area contributed by atoms with Crippen molar-refractivity contribution in [1.29, 1.82) is 0 Å². The van der Waals surface area contributed by atoms with E-state index in [4.69, 9.17) is 11.6 Å². The molecule has 1 rings (SSSR count). The number of hydrogen-bond acceptors (Lipinski definition) is 1. The third kappa shape index (κ3) is 6.25. The van der Waals surface area contributed by atoms with E-state index in [0.29, 0.717) is 10.7 Å². The molecular weight excluding hydrogens is 249 g/mol. The largest absolute Gasteiger partial charge is 0.384 e. The summed E-state index contributed by atoms with van der Waals surface area (Å²) in [6.07, 6.45) is 8.94. The van der Waals surface area contributed by atoms with Crippen LogP contribution in [0.25, 0.3) is 0 Å². The second-order valence-corrected chi connectivity index (χ2v) is 5.08. The second-order valence-electron chi connectivity index (χ2n) is 4.67. The third-order valence-corrected chi connectivity index (χ3v) is 3.35. The lowest BCUT2D eigenvalue weighted by Crippen LogP contribution is -2.02. The molecule has 102 valence electrons. The van der Waals surface area contributed by atoms with Crippen molar-refractivity contribution >= 4 is 17.3 Å². The van der Waals surface area contributed by atoms with Gasteiger partial charge in [-0.15, -0.1) is 0 Å². The van der Waals surface area contributed by atoms with Crippen LogP contribution in [-0.2, 0) is 0 Å². The number of anilines is 1. The van der Waals surface area contributed by atoms with Gasteiger partial charge in [-0.25, -0.2) is 4.39 Å². The maximum atomic E-state index is 13.0. The molecule has 18 heavy (non-hydrogen) atoms. The SMILES string of the molecule is CCCCCCCCCNc1cc(F)ccc1Cl. The van der Waals surface area contributed by atoms with Crippen LogP contribution in [0.4, 0.5) is 10.1 Å². The number of hydrogen-bond donors (Lipinski definition) is 1. The highest BCUT2D eigenvalue weighted by Gasteiger charge is 2.00. The van der Waals surface area contributed by atoms with Crippen LogP contribution in [0.15, 0.2) is 18.2 Å². The molecule has 0 aliphatic carbocycles. The van der Waals surface area contributed by atoms with E-state index < -0.39 is 0 Å². The van der Waals surface area contributed by atoms with E-state index in [9.17, 15) is 4.39 Å². The van der Waals surface area contributed by atoms with Crippen LogP contribution < -0.4 is 5.32 Å². The maximum Gasteiger partial charge on any atom is 0.125 e. The van der Waals surface area contributed by atoms with Gasteiger partial charge in [0.1, 0.15) is 5.82 Å². The molecule has 0 spiro atoms. The quantitative estimate of drug-likeness (QED) is 0.573. The first-order chi connectivity index (χ1) is 8.74. The first-order valence-electron chi connectivity index (χ1n) is 6.93. The minimum Gasteiger partial charge on any atom is -0.384 e. The Morgan fingerprint density at radius 2 is 1.72 bits per heavy atom. The molecule has 0 bridgehead atoms. The molecule has 1 aromatic carbocycles. The van der Waals surface area contributed by atoms with E-state index in [-0.39, 0.29) is 5.82 Å². The lowest BCUT2D eigenvalue weighted by molar-refractivity contribution is 0.596. The first kappa shape index (κ1) is 15.3. The van der Waals surface area contributed by atoms with Gasteiger partial charge in [-0.1, -0.05) is 57.0 Å². The molecule has 1 aromatic rings. The number of halogens is 2. The maximum absolute atomic E-state index is 13.0. The molecule has 0 atom stereocenters. The summed E-state index contributed by atoms with van der Waals surface area (Å²) < 4.78 is 13.0. The van der Waals surface area contributed by atoms with Crippen molar-refractivity contribution < 1.29 is 4.39 Å². The number of nitrogens with one attached hydrogen (secondary N) is 1. The molecule has 0 saturated heterocycles. The Morgan fingerprint density at radius 3 is 2.44 bits per heavy atom. The van der Waals surface area contributed by atoms with Gasteiger partial charge >= 0.3 is 0 Å². The Bertz CT molecular complexity index is 341. The smallest absolute Gasteiger partial charge is 0.125 e. The van der Waals surface area contributed by atoms with Crippen molar-refractivity contribution in [3.05, 3.63) is 29.0 Å². The summed E-state index contributed by atoms with van der Waals surface area (Å²) in [7, 11) is 0. The minimum absolute atomic E-state index is 0.249. The van der Waals surface area contributed by atoms with Gasteiger partial charge in [-0.2, -0.15) is 0 Å². The van der Waals surface area contributed by atoms with Crippen molar-refractivity contribution in [2.75, 3.05) is 11.9 Å². The van der Waals surface area contributed by atoms with Crippen molar-refractivity contribution in [1.82, 2.24) is 0 Å². The number of rotatable bonds is 9. The molecule has 0 fully saturated rings. The molecule has 1 N–H and O–H groups in total. The van der Waals surface area contributed by atoms with Crippen molar-refractivity contribution in [2.45, 2.75) is 51.9 Å². The lowest BCUT2D eigenvalue weighted by atomic mass is 10.1. The van der Waals surface area contributed by atoms with Gasteiger partial charge in [0.05, 0.1) is 10.7 Å². The van der Waals surface area contributed by atoms with Gasteiger partial charge in [0.2, 0.25) is 0 Å². The Balaban J connectivity index is 2.09. The minimum atomic E-state index is -0.249. The fraction of sp³-hybridized carbons (Fsp3) is 0.600. The molecule has 0 saturated carbocycles. The molecule has 0 amide bonds. The summed E-state index contributed by atoms with van der Waals surface area (Å²) in [6, 6.07) is 4.41. The number of unbranched alkanes of at least 4 members (excludes halogenated alkanes) is 6. The molecule has 0 aliphatic rings. The summed E-state index contributed by atoms with van der Waals surface area (Å²) >= 11 is 5.96. The van der Waals surface area contributed by atoms with E-state index in [1.54, 1.807) is 6.07 Å². The van der Waals surface area contributed by atoms with Crippen LogP contribution in [0.5, 0.6) is 0 Å². The molecule has 1 nitrogen and oxygen atoms in total. The Morgan fingerprint density at radius 1 is 1.06 bits per heavy atom. The first-order valence-corrected chi connectivity index (χ1v) is 7.30. The van der Waals surface area contributed by atoms with E-state index in [0.717, 1.165) is 13.0 Å². The fourth-order valence-electron chi connectivity index (χ4n) is 1.94. The highest BCUT2D eigenvalue weighted by molar-refractivity contribution is 6.33. The zero-order chi connectivity index (χ0) is 13.2. The van der Waals surface area contributed by atoms with Crippen molar-refractivity contribution in [3.63, 3.8) is 0 Å². The zero-order valence-corrected chi connectivity index (χ0v) is 11.9. The monoisotopic (exact) mass is 271 g/mol. The van der Waals surface area contributed by atoms with E-state index in [1.165, 1.54) is 50.7 Å². The summed E-state index contributed by atoms with van der Waals surface area (Å²) in [5, 5.41) is 3.77. The van der Waals surface area contributed by atoms with Crippen LogP contribution in [0.2, 0.25) is 5.02 Å². The molecule has 0 radical (unpaired) electrons. The average Bonchev–Trinajstić information content (AvgIpc) is 2.36. The number of benzene rings is 1. The van der Waals surface area contributed by atoms with Crippen molar-refractivity contribution in [3.8, 4) is 0 Å². The molecule has 3 heteroatoms. The Labute approximate surface area is 115 Å². The summed E-state index contributed by atoms with van der Waals surface area (Å²) in [5.41, 5.74) is 0.697. The molecule has 0 heterocycles. The lowest BCUT2D eigenvalue weighted by Gasteiger charge is -2.08.